The molecule has 0 spiro atoms. The molecular formula is C30H34N4O3. The highest BCUT2D eigenvalue weighted by molar-refractivity contribution is 6.05. The van der Waals surface area contributed by atoms with Crippen LogP contribution in [0.3, 0.4) is 0 Å². The number of amides is 2. The fourth-order valence-electron chi connectivity index (χ4n) is 5.21. The van der Waals surface area contributed by atoms with Crippen LogP contribution in [0.25, 0.3) is 0 Å². The van der Waals surface area contributed by atoms with Gasteiger partial charge in [0.2, 0.25) is 0 Å². The fraction of sp³-hybridized carbons (Fsp3) is 0.367. The minimum Gasteiger partial charge on any atom is -0.497 e. The Morgan fingerprint density at radius 1 is 0.919 bits per heavy atom. The van der Waals surface area contributed by atoms with Crippen molar-refractivity contribution in [1.82, 2.24) is 9.88 Å². The predicted octanol–water partition coefficient (Wildman–Crippen LogP) is 5.27. The van der Waals surface area contributed by atoms with Gasteiger partial charge in [-0.25, -0.2) is 4.98 Å². The first kappa shape index (κ1) is 24.8. The zero-order valence-electron chi connectivity index (χ0n) is 21.6. The Balaban J connectivity index is 1.21. The molecule has 0 unspecified atom stereocenters. The number of carbonyl (C=O) groups excluding carboxylic acids is 2. The SMILES string of the molecule is COc1ccc(C2CCN(C(=O)c3ccc(C)c(NC(=O)c4ccc(N5CCCC5)nc4)c3)CC2)cc1. The highest BCUT2D eigenvalue weighted by atomic mass is 16.5. The molecule has 7 nitrogen and oxygen atoms in total. The van der Waals surface area contributed by atoms with Crippen LogP contribution in [-0.2, 0) is 0 Å². The lowest BCUT2D eigenvalue weighted by atomic mass is 9.89. The highest BCUT2D eigenvalue weighted by Crippen LogP contribution is 2.30. The number of methoxy groups -OCH3 is 1. The first-order chi connectivity index (χ1) is 18.0. The van der Waals surface area contributed by atoms with E-state index in [4.69, 9.17) is 4.74 Å². The summed E-state index contributed by atoms with van der Waals surface area (Å²) in [7, 11) is 1.67. The summed E-state index contributed by atoms with van der Waals surface area (Å²) >= 11 is 0. The van der Waals surface area contributed by atoms with Crippen molar-refractivity contribution in [3.8, 4) is 5.75 Å². The first-order valence-corrected chi connectivity index (χ1v) is 13.1. The molecule has 2 saturated heterocycles. The van der Waals surface area contributed by atoms with Crippen LogP contribution in [-0.4, -0.2) is 55.0 Å². The Morgan fingerprint density at radius 3 is 2.27 bits per heavy atom. The maximum absolute atomic E-state index is 13.3. The van der Waals surface area contributed by atoms with Crippen molar-refractivity contribution < 1.29 is 14.3 Å². The third kappa shape index (κ3) is 5.61. The number of aromatic nitrogens is 1. The van der Waals surface area contributed by atoms with Gasteiger partial charge in [0.25, 0.3) is 11.8 Å². The van der Waals surface area contributed by atoms with Crippen LogP contribution >= 0.6 is 0 Å². The van der Waals surface area contributed by atoms with E-state index in [0.717, 1.165) is 43.1 Å². The molecule has 192 valence electrons. The molecule has 0 aliphatic carbocycles. The van der Waals surface area contributed by atoms with E-state index in [1.807, 2.05) is 48.2 Å². The normalized spacial score (nSPS) is 16.1. The molecule has 2 amide bonds. The van der Waals surface area contributed by atoms with Gasteiger partial charge in [-0.15, -0.1) is 0 Å². The number of anilines is 2. The Hall–Kier alpha value is -3.87. The van der Waals surface area contributed by atoms with Crippen molar-refractivity contribution >= 4 is 23.3 Å². The quantitative estimate of drug-likeness (QED) is 0.501. The molecule has 2 aromatic carbocycles. The van der Waals surface area contributed by atoms with Crippen molar-refractivity contribution in [3.63, 3.8) is 0 Å². The third-order valence-corrected chi connectivity index (χ3v) is 7.54. The van der Waals surface area contributed by atoms with Crippen molar-refractivity contribution in [2.24, 2.45) is 0 Å². The molecule has 2 fully saturated rings. The summed E-state index contributed by atoms with van der Waals surface area (Å²) in [6, 6.07) is 17.5. The highest BCUT2D eigenvalue weighted by Gasteiger charge is 2.25. The molecule has 0 bridgehead atoms. The lowest BCUT2D eigenvalue weighted by Gasteiger charge is -2.32. The summed E-state index contributed by atoms with van der Waals surface area (Å²) in [6.07, 6.45) is 5.83. The minimum absolute atomic E-state index is 0.000289. The van der Waals surface area contributed by atoms with Gasteiger partial charge in [0, 0.05) is 43.6 Å². The number of rotatable bonds is 6. The van der Waals surface area contributed by atoms with E-state index >= 15 is 0 Å². The number of benzene rings is 2. The number of aryl methyl sites for hydroxylation is 1. The van der Waals surface area contributed by atoms with Gasteiger partial charge in [0.05, 0.1) is 12.7 Å². The molecule has 3 heterocycles. The topological polar surface area (TPSA) is 74.8 Å². The summed E-state index contributed by atoms with van der Waals surface area (Å²) in [5.41, 5.74) is 3.93. The van der Waals surface area contributed by atoms with E-state index in [1.54, 1.807) is 19.4 Å². The minimum atomic E-state index is -0.228. The number of hydrogen-bond donors (Lipinski definition) is 1. The van der Waals surface area contributed by atoms with Gasteiger partial charge in [-0.3, -0.25) is 9.59 Å². The largest absolute Gasteiger partial charge is 0.497 e. The molecule has 1 aromatic heterocycles. The van der Waals surface area contributed by atoms with Crippen LogP contribution in [0.4, 0.5) is 11.5 Å². The van der Waals surface area contributed by atoms with E-state index in [0.29, 0.717) is 35.8 Å². The van der Waals surface area contributed by atoms with Crippen molar-refractivity contribution in [2.75, 3.05) is 43.5 Å². The van der Waals surface area contributed by atoms with Crippen LogP contribution in [0.5, 0.6) is 5.75 Å². The molecule has 0 atom stereocenters. The second-order valence-corrected chi connectivity index (χ2v) is 9.92. The van der Waals surface area contributed by atoms with Crippen molar-refractivity contribution in [2.45, 2.75) is 38.5 Å². The molecule has 1 N–H and O–H groups in total. The number of ether oxygens (including phenoxy) is 1. The average Bonchev–Trinajstić information content (AvgIpc) is 3.49. The summed E-state index contributed by atoms with van der Waals surface area (Å²) in [6.45, 7) is 5.37. The summed E-state index contributed by atoms with van der Waals surface area (Å²) in [5.74, 6) is 1.98. The van der Waals surface area contributed by atoms with Gasteiger partial charge in [-0.2, -0.15) is 0 Å². The Labute approximate surface area is 218 Å². The predicted molar refractivity (Wildman–Crippen MR) is 146 cm³/mol. The monoisotopic (exact) mass is 498 g/mol. The van der Waals surface area contributed by atoms with Crippen LogP contribution in [0.1, 0.15) is 63.4 Å². The molecule has 0 radical (unpaired) electrons. The number of pyridine rings is 1. The van der Waals surface area contributed by atoms with Crippen LogP contribution < -0.4 is 15.0 Å². The van der Waals surface area contributed by atoms with E-state index in [-0.39, 0.29) is 11.8 Å². The average molecular weight is 499 g/mol. The second-order valence-electron chi connectivity index (χ2n) is 9.92. The van der Waals surface area contributed by atoms with Crippen LogP contribution in [0.2, 0.25) is 0 Å². The van der Waals surface area contributed by atoms with Gasteiger partial charge >= 0.3 is 0 Å². The van der Waals surface area contributed by atoms with Crippen LogP contribution in [0.15, 0.2) is 60.8 Å². The van der Waals surface area contributed by atoms with Crippen molar-refractivity contribution in [3.05, 3.63) is 83.0 Å². The number of piperidine rings is 1. The molecule has 5 rings (SSSR count). The van der Waals surface area contributed by atoms with Crippen LogP contribution in [0, 0.1) is 6.92 Å². The zero-order chi connectivity index (χ0) is 25.8. The Morgan fingerprint density at radius 2 is 1.62 bits per heavy atom. The summed E-state index contributed by atoms with van der Waals surface area (Å²) in [5, 5.41) is 2.98. The third-order valence-electron chi connectivity index (χ3n) is 7.54. The molecule has 3 aromatic rings. The summed E-state index contributed by atoms with van der Waals surface area (Å²) in [4.78, 5) is 34.9. The molecule has 37 heavy (non-hydrogen) atoms. The number of hydrogen-bond acceptors (Lipinski definition) is 5. The van der Waals surface area contributed by atoms with E-state index in [2.05, 4.69) is 27.3 Å². The van der Waals surface area contributed by atoms with Crippen molar-refractivity contribution in [1.29, 1.82) is 0 Å². The van der Waals surface area contributed by atoms with E-state index in [1.165, 1.54) is 18.4 Å². The van der Waals surface area contributed by atoms with Gasteiger partial charge in [-0.1, -0.05) is 18.2 Å². The molecular weight excluding hydrogens is 464 g/mol. The zero-order valence-corrected chi connectivity index (χ0v) is 21.6. The first-order valence-electron chi connectivity index (χ1n) is 13.1. The van der Waals surface area contributed by atoms with Gasteiger partial charge in [0.15, 0.2) is 0 Å². The fourth-order valence-corrected chi connectivity index (χ4v) is 5.21. The maximum atomic E-state index is 13.3. The lowest BCUT2D eigenvalue weighted by Crippen LogP contribution is -2.38. The second kappa shape index (κ2) is 11.0. The van der Waals surface area contributed by atoms with Gasteiger partial charge in [0.1, 0.15) is 11.6 Å². The van der Waals surface area contributed by atoms with Gasteiger partial charge < -0.3 is 19.9 Å². The maximum Gasteiger partial charge on any atom is 0.257 e. The number of nitrogens with zero attached hydrogens (tertiary/aromatic N) is 3. The Kier molecular flexibility index (Phi) is 7.40. The number of nitrogens with one attached hydrogen (secondary N) is 1. The standard InChI is InChI=1S/C30H34N4O3/c1-21-5-6-24(30(36)34-17-13-23(14-18-34)22-7-10-26(37-2)11-8-22)19-27(21)32-29(35)25-9-12-28(31-20-25)33-15-3-4-16-33/h5-12,19-20,23H,3-4,13-18H2,1-2H3,(H,32,35). The van der Waals surface area contributed by atoms with Gasteiger partial charge in [-0.05, 0) is 86.1 Å². The lowest BCUT2D eigenvalue weighted by molar-refractivity contribution is 0.0712. The molecule has 0 saturated carbocycles. The smallest absolute Gasteiger partial charge is 0.257 e. The Bertz CT molecular complexity index is 1240. The van der Waals surface area contributed by atoms with E-state index < -0.39 is 0 Å². The number of likely N-dealkylation sites (tertiary alicyclic amines) is 1. The van der Waals surface area contributed by atoms with E-state index in [9.17, 15) is 9.59 Å². The molecule has 2 aliphatic heterocycles. The number of carbonyl (C=O) groups is 2. The summed E-state index contributed by atoms with van der Waals surface area (Å²) < 4.78 is 5.26. The molecule has 7 heteroatoms. The molecule has 2 aliphatic rings.